The van der Waals surface area contributed by atoms with Crippen LogP contribution in [-0.2, 0) is 4.79 Å². The molecule has 1 aromatic heterocycles. The molecule has 1 atom stereocenters. The Kier molecular flexibility index (Phi) is 6.29. The Morgan fingerprint density at radius 2 is 2.16 bits per heavy atom. The highest BCUT2D eigenvalue weighted by Gasteiger charge is 2.07. The van der Waals surface area contributed by atoms with Crippen LogP contribution in [0.1, 0.15) is 26.2 Å². The highest BCUT2D eigenvalue weighted by Crippen LogP contribution is 2.13. The first kappa shape index (κ1) is 15.4. The normalized spacial score (nSPS) is 12.0. The Morgan fingerprint density at radius 1 is 1.42 bits per heavy atom. The van der Waals surface area contributed by atoms with Crippen molar-refractivity contribution in [2.75, 3.05) is 30.9 Å². The summed E-state index contributed by atoms with van der Waals surface area (Å²) in [7, 11) is 3.86. The van der Waals surface area contributed by atoms with Crippen LogP contribution in [0.15, 0.2) is 18.3 Å². The fraction of sp³-hybridized carbons (Fsp3) is 0.571. The van der Waals surface area contributed by atoms with E-state index >= 15 is 0 Å². The Labute approximate surface area is 115 Å². The molecule has 0 aliphatic rings. The molecule has 0 bridgehead atoms. The molecule has 5 heteroatoms. The number of carbonyl (C=O) groups excluding carboxylic acids is 1. The quantitative estimate of drug-likeness (QED) is 0.788. The number of anilines is 2. The zero-order chi connectivity index (χ0) is 14.3. The standard InChI is InChI=1S/C14H24N4O/c1-11(8-9-15)4-7-14(19)17-12-5-6-13(16-10-12)18(2)3/h5-6,10-11H,4,7-9,15H2,1-3H3,(H,17,19). The Bertz CT molecular complexity index is 389. The largest absolute Gasteiger partial charge is 0.363 e. The van der Waals surface area contributed by atoms with Crippen LogP contribution in [-0.4, -0.2) is 31.5 Å². The molecule has 1 rings (SSSR count). The van der Waals surface area contributed by atoms with E-state index < -0.39 is 0 Å². The second kappa shape index (κ2) is 7.74. The number of nitrogens with two attached hydrogens (primary N) is 1. The maximum absolute atomic E-state index is 11.8. The topological polar surface area (TPSA) is 71.2 Å². The van der Waals surface area contributed by atoms with E-state index in [0.29, 0.717) is 18.9 Å². The average molecular weight is 264 g/mol. The third-order valence-electron chi connectivity index (χ3n) is 3.01. The second-order valence-electron chi connectivity index (χ2n) is 5.07. The van der Waals surface area contributed by atoms with Gasteiger partial charge in [0.1, 0.15) is 5.82 Å². The van der Waals surface area contributed by atoms with Gasteiger partial charge in [-0.3, -0.25) is 4.79 Å². The fourth-order valence-corrected chi connectivity index (χ4v) is 1.75. The first-order valence-corrected chi connectivity index (χ1v) is 6.66. The summed E-state index contributed by atoms with van der Waals surface area (Å²) in [5.74, 6) is 1.39. The number of hydrogen-bond donors (Lipinski definition) is 2. The number of hydrogen-bond acceptors (Lipinski definition) is 4. The molecule has 0 aromatic carbocycles. The molecule has 1 aromatic rings. The molecule has 1 heterocycles. The van der Waals surface area contributed by atoms with Crippen molar-refractivity contribution in [1.29, 1.82) is 0 Å². The summed E-state index contributed by atoms with van der Waals surface area (Å²) in [4.78, 5) is 17.9. The van der Waals surface area contributed by atoms with E-state index in [2.05, 4.69) is 17.2 Å². The summed E-state index contributed by atoms with van der Waals surface area (Å²) in [6.45, 7) is 2.80. The van der Waals surface area contributed by atoms with Crippen molar-refractivity contribution < 1.29 is 4.79 Å². The van der Waals surface area contributed by atoms with E-state index in [4.69, 9.17) is 5.73 Å². The molecule has 0 fully saturated rings. The van der Waals surface area contributed by atoms with Crippen LogP contribution in [0.3, 0.4) is 0 Å². The van der Waals surface area contributed by atoms with Crippen LogP contribution in [0.2, 0.25) is 0 Å². The van der Waals surface area contributed by atoms with Crippen LogP contribution < -0.4 is 16.0 Å². The fourth-order valence-electron chi connectivity index (χ4n) is 1.75. The molecule has 0 saturated heterocycles. The maximum atomic E-state index is 11.8. The molecule has 5 nitrogen and oxygen atoms in total. The van der Waals surface area contributed by atoms with E-state index in [1.165, 1.54) is 0 Å². The Morgan fingerprint density at radius 3 is 2.68 bits per heavy atom. The van der Waals surface area contributed by atoms with Gasteiger partial charge >= 0.3 is 0 Å². The molecular weight excluding hydrogens is 240 g/mol. The van der Waals surface area contributed by atoms with E-state index in [9.17, 15) is 4.79 Å². The minimum absolute atomic E-state index is 0.0308. The third kappa shape index (κ3) is 5.70. The van der Waals surface area contributed by atoms with Gasteiger partial charge in [-0.25, -0.2) is 4.98 Å². The lowest BCUT2D eigenvalue weighted by Gasteiger charge is -2.12. The van der Waals surface area contributed by atoms with Crippen molar-refractivity contribution in [1.82, 2.24) is 4.98 Å². The van der Waals surface area contributed by atoms with E-state index in [1.807, 2.05) is 31.1 Å². The van der Waals surface area contributed by atoms with Crippen LogP contribution in [0.4, 0.5) is 11.5 Å². The molecule has 0 radical (unpaired) electrons. The first-order chi connectivity index (χ1) is 9.02. The summed E-state index contributed by atoms with van der Waals surface area (Å²) < 4.78 is 0. The van der Waals surface area contributed by atoms with Gasteiger partial charge in [0.2, 0.25) is 5.91 Å². The molecule has 0 saturated carbocycles. The molecular formula is C14H24N4O. The average Bonchev–Trinajstić information content (AvgIpc) is 2.37. The maximum Gasteiger partial charge on any atom is 0.224 e. The van der Waals surface area contributed by atoms with E-state index in [1.54, 1.807) is 6.20 Å². The number of carbonyl (C=O) groups is 1. The molecule has 0 aliphatic carbocycles. The van der Waals surface area contributed by atoms with Gasteiger partial charge in [0.25, 0.3) is 0 Å². The SMILES string of the molecule is CC(CCN)CCC(=O)Nc1ccc(N(C)C)nc1. The monoisotopic (exact) mass is 264 g/mol. The molecule has 3 N–H and O–H groups in total. The molecule has 0 spiro atoms. The number of amides is 1. The van der Waals surface area contributed by atoms with Gasteiger partial charge in [-0.2, -0.15) is 0 Å². The van der Waals surface area contributed by atoms with Crippen molar-refractivity contribution >= 4 is 17.4 Å². The van der Waals surface area contributed by atoms with Crippen LogP contribution >= 0.6 is 0 Å². The number of rotatable bonds is 7. The Balaban J connectivity index is 2.40. The van der Waals surface area contributed by atoms with Gasteiger partial charge in [0.15, 0.2) is 0 Å². The lowest BCUT2D eigenvalue weighted by molar-refractivity contribution is -0.116. The summed E-state index contributed by atoms with van der Waals surface area (Å²) in [6, 6.07) is 3.75. The predicted octanol–water partition coefficient (Wildman–Crippen LogP) is 1.85. The van der Waals surface area contributed by atoms with Crippen molar-refractivity contribution in [3.63, 3.8) is 0 Å². The van der Waals surface area contributed by atoms with Gasteiger partial charge < -0.3 is 16.0 Å². The molecule has 1 unspecified atom stereocenters. The van der Waals surface area contributed by atoms with Crippen LogP contribution in [0.25, 0.3) is 0 Å². The van der Waals surface area contributed by atoms with Crippen molar-refractivity contribution in [2.45, 2.75) is 26.2 Å². The minimum atomic E-state index is 0.0308. The zero-order valence-electron chi connectivity index (χ0n) is 12.0. The lowest BCUT2D eigenvalue weighted by Crippen LogP contribution is -2.15. The van der Waals surface area contributed by atoms with Crippen molar-refractivity contribution in [3.8, 4) is 0 Å². The van der Waals surface area contributed by atoms with Gasteiger partial charge in [0, 0.05) is 20.5 Å². The van der Waals surface area contributed by atoms with Gasteiger partial charge in [-0.1, -0.05) is 6.92 Å². The number of nitrogens with one attached hydrogen (secondary N) is 1. The van der Waals surface area contributed by atoms with Gasteiger partial charge in [-0.15, -0.1) is 0 Å². The van der Waals surface area contributed by atoms with E-state index in [-0.39, 0.29) is 5.91 Å². The Hall–Kier alpha value is -1.62. The third-order valence-corrected chi connectivity index (χ3v) is 3.01. The first-order valence-electron chi connectivity index (χ1n) is 6.66. The zero-order valence-corrected chi connectivity index (χ0v) is 12.0. The predicted molar refractivity (Wildman–Crippen MR) is 79.3 cm³/mol. The van der Waals surface area contributed by atoms with Crippen molar-refractivity contribution in [2.24, 2.45) is 11.7 Å². The van der Waals surface area contributed by atoms with Crippen LogP contribution in [0.5, 0.6) is 0 Å². The number of aromatic nitrogens is 1. The lowest BCUT2D eigenvalue weighted by atomic mass is 10.0. The van der Waals surface area contributed by atoms with Crippen molar-refractivity contribution in [3.05, 3.63) is 18.3 Å². The number of nitrogens with zero attached hydrogens (tertiary/aromatic N) is 2. The summed E-state index contributed by atoms with van der Waals surface area (Å²) >= 11 is 0. The second-order valence-corrected chi connectivity index (χ2v) is 5.07. The van der Waals surface area contributed by atoms with E-state index in [0.717, 1.165) is 24.3 Å². The van der Waals surface area contributed by atoms with Crippen LogP contribution in [0, 0.1) is 5.92 Å². The van der Waals surface area contributed by atoms with Gasteiger partial charge in [-0.05, 0) is 37.4 Å². The summed E-state index contributed by atoms with van der Waals surface area (Å²) in [5.41, 5.74) is 6.22. The molecule has 0 aliphatic heterocycles. The highest BCUT2D eigenvalue weighted by atomic mass is 16.1. The molecule has 19 heavy (non-hydrogen) atoms. The molecule has 1 amide bonds. The number of pyridine rings is 1. The smallest absolute Gasteiger partial charge is 0.224 e. The summed E-state index contributed by atoms with van der Waals surface area (Å²) in [6.07, 6.45) is 4.03. The van der Waals surface area contributed by atoms with Gasteiger partial charge in [0.05, 0.1) is 11.9 Å². The minimum Gasteiger partial charge on any atom is -0.363 e. The molecule has 106 valence electrons. The summed E-state index contributed by atoms with van der Waals surface area (Å²) in [5, 5.41) is 2.85. The highest BCUT2D eigenvalue weighted by molar-refractivity contribution is 5.90.